The fourth-order valence-corrected chi connectivity index (χ4v) is 4.25. The van der Waals surface area contributed by atoms with Gasteiger partial charge in [-0.3, -0.25) is 24.2 Å². The quantitative estimate of drug-likeness (QED) is 0.422. The van der Waals surface area contributed by atoms with Gasteiger partial charge in [-0.15, -0.1) is 0 Å². The van der Waals surface area contributed by atoms with Crippen molar-refractivity contribution in [1.82, 2.24) is 39.6 Å². The molecular weight excluding hydrogens is 441 g/mol. The van der Waals surface area contributed by atoms with Crippen molar-refractivity contribution in [3.63, 3.8) is 0 Å². The van der Waals surface area contributed by atoms with Crippen molar-refractivity contribution >= 4 is 16.8 Å². The Kier molecular flexibility index (Phi) is 5.84. The Bertz CT molecular complexity index is 1350. The van der Waals surface area contributed by atoms with Gasteiger partial charge in [0.05, 0.1) is 37.2 Å². The molecule has 12 heteroatoms. The number of aromatic nitrogens is 7. The molecule has 0 saturated carbocycles. The highest BCUT2D eigenvalue weighted by Gasteiger charge is 2.22. The van der Waals surface area contributed by atoms with Crippen LogP contribution in [0.25, 0.3) is 33.8 Å². The topological polar surface area (TPSA) is 133 Å². The summed E-state index contributed by atoms with van der Waals surface area (Å²) in [5.41, 5.74) is 7.81. The lowest BCUT2D eigenvalue weighted by molar-refractivity contribution is 0.0361. The van der Waals surface area contributed by atoms with Gasteiger partial charge in [-0.05, 0) is 26.0 Å². The van der Waals surface area contributed by atoms with E-state index in [1.54, 1.807) is 25.3 Å². The molecule has 0 unspecified atom stereocenters. The van der Waals surface area contributed by atoms with Crippen LogP contribution in [-0.4, -0.2) is 78.4 Å². The van der Waals surface area contributed by atoms with E-state index in [0.717, 1.165) is 43.8 Å². The number of aryl methyl sites for hydroxylation is 2. The summed E-state index contributed by atoms with van der Waals surface area (Å²) in [5.74, 6) is -0.439. The lowest BCUT2D eigenvalue weighted by Crippen LogP contribution is -2.38. The van der Waals surface area contributed by atoms with E-state index in [4.69, 9.17) is 10.5 Å². The van der Waals surface area contributed by atoms with Crippen LogP contribution in [0.2, 0.25) is 0 Å². The van der Waals surface area contributed by atoms with Gasteiger partial charge in [0.15, 0.2) is 17.5 Å². The van der Waals surface area contributed by atoms with Crippen molar-refractivity contribution in [3.8, 4) is 22.9 Å². The molecule has 1 fully saturated rings. The summed E-state index contributed by atoms with van der Waals surface area (Å²) in [4.78, 5) is 18.9. The van der Waals surface area contributed by atoms with Crippen LogP contribution in [0.4, 0.5) is 4.39 Å². The van der Waals surface area contributed by atoms with Gasteiger partial charge in [0.2, 0.25) is 5.91 Å². The maximum Gasteiger partial charge on any atom is 0.248 e. The van der Waals surface area contributed by atoms with E-state index in [1.807, 2.05) is 11.6 Å². The molecule has 4 heterocycles. The van der Waals surface area contributed by atoms with Crippen LogP contribution in [0, 0.1) is 12.7 Å². The van der Waals surface area contributed by atoms with Crippen molar-refractivity contribution in [2.45, 2.75) is 26.9 Å². The predicted molar refractivity (Wildman–Crippen MR) is 122 cm³/mol. The zero-order valence-corrected chi connectivity index (χ0v) is 19.1. The van der Waals surface area contributed by atoms with Gasteiger partial charge in [-0.2, -0.15) is 15.3 Å². The van der Waals surface area contributed by atoms with E-state index in [9.17, 15) is 9.18 Å². The fourth-order valence-electron chi connectivity index (χ4n) is 4.25. The number of fused-ring (bicyclic) bond motifs is 1. The van der Waals surface area contributed by atoms with Crippen LogP contribution in [0.5, 0.6) is 0 Å². The molecule has 34 heavy (non-hydrogen) atoms. The lowest BCUT2D eigenvalue weighted by atomic mass is 10.0. The van der Waals surface area contributed by atoms with Gasteiger partial charge in [-0.25, -0.2) is 9.37 Å². The summed E-state index contributed by atoms with van der Waals surface area (Å²) < 4.78 is 23.5. The molecule has 11 nitrogen and oxygen atoms in total. The second-order valence-electron chi connectivity index (χ2n) is 8.21. The normalized spacial score (nSPS) is 14.8. The summed E-state index contributed by atoms with van der Waals surface area (Å²) in [5, 5.41) is 16.6. The van der Waals surface area contributed by atoms with E-state index in [0.29, 0.717) is 30.0 Å². The summed E-state index contributed by atoms with van der Waals surface area (Å²) in [6.45, 7) is 8.60. The lowest BCUT2D eigenvalue weighted by Gasteiger charge is -2.26. The molecule has 1 saturated heterocycles. The minimum atomic E-state index is -0.564. The number of primary amides is 1. The molecule has 0 bridgehead atoms. The summed E-state index contributed by atoms with van der Waals surface area (Å²) >= 11 is 0. The number of halogens is 1. The zero-order valence-electron chi connectivity index (χ0n) is 19.1. The number of nitrogens with zero attached hydrogens (tertiary/aromatic N) is 7. The molecule has 4 aromatic rings. The third-order valence-electron chi connectivity index (χ3n) is 6.08. The van der Waals surface area contributed by atoms with Crippen molar-refractivity contribution in [1.29, 1.82) is 0 Å². The minimum Gasteiger partial charge on any atom is -0.379 e. The Hall–Kier alpha value is -3.64. The third-order valence-corrected chi connectivity index (χ3v) is 6.08. The third kappa shape index (κ3) is 3.94. The molecule has 178 valence electrons. The van der Waals surface area contributed by atoms with Crippen molar-refractivity contribution < 1.29 is 13.9 Å². The number of ether oxygens (including phenoxy) is 1. The standard InChI is InChI=1S/C22H26FN9O2/c1-3-31-19(18(23)13(2)29-31)22-26-21(27-28-22)15-10-14(20(24)33)11-17-16(15)12-25-32(17)5-4-30-6-8-34-9-7-30/h10-12H,3-9H2,1-2H3,(H2,24,33)(H,26,27,28). The predicted octanol–water partition coefficient (Wildman–Crippen LogP) is 1.58. The largest absolute Gasteiger partial charge is 0.379 e. The van der Waals surface area contributed by atoms with E-state index < -0.39 is 11.7 Å². The highest BCUT2D eigenvalue weighted by atomic mass is 19.1. The van der Waals surface area contributed by atoms with Gasteiger partial charge < -0.3 is 10.5 Å². The Morgan fingerprint density at radius 3 is 2.76 bits per heavy atom. The Labute approximate surface area is 194 Å². The molecule has 1 aliphatic heterocycles. The number of hydrogen-bond acceptors (Lipinski definition) is 7. The van der Waals surface area contributed by atoms with Gasteiger partial charge >= 0.3 is 0 Å². The maximum atomic E-state index is 14.7. The number of carbonyl (C=O) groups excluding carboxylic acids is 1. The maximum absolute atomic E-state index is 14.7. The van der Waals surface area contributed by atoms with Crippen molar-refractivity contribution in [2.24, 2.45) is 5.73 Å². The van der Waals surface area contributed by atoms with Crippen LogP contribution in [-0.2, 0) is 17.8 Å². The second-order valence-corrected chi connectivity index (χ2v) is 8.21. The Morgan fingerprint density at radius 1 is 1.24 bits per heavy atom. The average Bonchev–Trinajstić information content (AvgIpc) is 3.55. The molecule has 0 radical (unpaired) electrons. The first kappa shape index (κ1) is 22.2. The molecule has 3 N–H and O–H groups in total. The first-order valence-corrected chi connectivity index (χ1v) is 11.2. The first-order valence-electron chi connectivity index (χ1n) is 11.2. The van der Waals surface area contributed by atoms with Crippen LogP contribution in [0.1, 0.15) is 23.0 Å². The molecular formula is C22H26FN9O2. The molecule has 1 amide bonds. The number of hydrogen-bond donors (Lipinski definition) is 2. The SMILES string of the molecule is CCn1nc(C)c(F)c1-c1nc(-c2cc(C(N)=O)cc3c2cnn3CCN2CCOCC2)n[nH]1. The fraction of sp³-hybridized carbons (Fsp3) is 0.409. The van der Waals surface area contributed by atoms with Crippen molar-refractivity contribution in [3.05, 3.63) is 35.4 Å². The second kappa shape index (κ2) is 8.95. The van der Waals surface area contributed by atoms with Gasteiger partial charge in [0.1, 0.15) is 5.69 Å². The average molecular weight is 468 g/mol. The molecule has 1 aliphatic rings. The highest BCUT2D eigenvalue weighted by molar-refractivity contribution is 6.02. The van der Waals surface area contributed by atoms with E-state index in [-0.39, 0.29) is 17.2 Å². The number of carbonyl (C=O) groups is 1. The number of benzene rings is 1. The molecule has 1 aromatic carbocycles. The molecule has 0 spiro atoms. The van der Waals surface area contributed by atoms with Gasteiger partial charge in [0.25, 0.3) is 0 Å². The first-order chi connectivity index (χ1) is 16.5. The number of nitrogens with two attached hydrogens (primary N) is 1. The number of H-pyrrole nitrogens is 1. The smallest absolute Gasteiger partial charge is 0.248 e. The number of morpholine rings is 1. The summed E-state index contributed by atoms with van der Waals surface area (Å²) in [6, 6.07) is 3.38. The van der Waals surface area contributed by atoms with E-state index >= 15 is 0 Å². The number of aromatic amines is 1. The number of amides is 1. The summed E-state index contributed by atoms with van der Waals surface area (Å²) in [6.07, 6.45) is 1.73. The Morgan fingerprint density at radius 2 is 2.03 bits per heavy atom. The minimum absolute atomic E-state index is 0.238. The van der Waals surface area contributed by atoms with Gasteiger partial charge in [-0.1, -0.05) is 0 Å². The van der Waals surface area contributed by atoms with E-state index in [1.165, 1.54) is 4.68 Å². The van der Waals surface area contributed by atoms with Crippen LogP contribution < -0.4 is 5.73 Å². The monoisotopic (exact) mass is 467 g/mol. The molecule has 0 atom stereocenters. The number of rotatable bonds is 7. The Balaban J connectivity index is 1.54. The highest BCUT2D eigenvalue weighted by Crippen LogP contribution is 2.30. The van der Waals surface area contributed by atoms with E-state index in [2.05, 4.69) is 30.3 Å². The molecule has 3 aromatic heterocycles. The summed E-state index contributed by atoms with van der Waals surface area (Å²) in [7, 11) is 0. The zero-order chi connectivity index (χ0) is 23.8. The van der Waals surface area contributed by atoms with Crippen LogP contribution in [0.15, 0.2) is 18.3 Å². The van der Waals surface area contributed by atoms with Crippen LogP contribution in [0.3, 0.4) is 0 Å². The van der Waals surface area contributed by atoms with Gasteiger partial charge in [0, 0.05) is 42.7 Å². The molecule has 5 rings (SSSR count). The number of nitrogens with one attached hydrogen (secondary N) is 1. The van der Waals surface area contributed by atoms with Crippen molar-refractivity contribution in [2.75, 3.05) is 32.8 Å². The molecule has 0 aliphatic carbocycles. The van der Waals surface area contributed by atoms with Crippen LogP contribution >= 0.6 is 0 Å².